The molecule has 0 radical (unpaired) electrons. The second-order valence-electron chi connectivity index (χ2n) is 6.94. The Kier molecular flexibility index (Phi) is 4.85. The molecule has 29 heavy (non-hydrogen) atoms. The van der Waals surface area contributed by atoms with E-state index in [1.54, 1.807) is 17.9 Å². The lowest BCUT2D eigenvalue weighted by atomic mass is 10.1. The van der Waals surface area contributed by atoms with E-state index in [0.717, 1.165) is 37.4 Å². The van der Waals surface area contributed by atoms with Crippen LogP contribution in [0.4, 0.5) is 19.0 Å². The second kappa shape index (κ2) is 7.34. The third-order valence-electron chi connectivity index (χ3n) is 4.84. The van der Waals surface area contributed by atoms with Gasteiger partial charge in [-0.15, -0.1) is 0 Å². The minimum Gasteiger partial charge on any atom is -0.356 e. The second-order valence-corrected chi connectivity index (χ2v) is 6.94. The summed E-state index contributed by atoms with van der Waals surface area (Å²) in [6, 6.07) is 5.14. The van der Waals surface area contributed by atoms with Gasteiger partial charge < -0.3 is 10.2 Å². The number of rotatable bonds is 4. The van der Waals surface area contributed by atoms with Gasteiger partial charge in [0.25, 0.3) is 5.91 Å². The average molecular weight is 404 g/mol. The highest BCUT2D eigenvalue weighted by Gasteiger charge is 2.33. The molecule has 1 saturated heterocycles. The van der Waals surface area contributed by atoms with Gasteiger partial charge >= 0.3 is 6.18 Å². The predicted molar refractivity (Wildman–Crippen MR) is 100 cm³/mol. The highest BCUT2D eigenvalue weighted by Crippen LogP contribution is 2.32. The number of hydrogen-bond acceptors (Lipinski definition) is 5. The van der Waals surface area contributed by atoms with Crippen LogP contribution in [0.5, 0.6) is 0 Å². The summed E-state index contributed by atoms with van der Waals surface area (Å²) >= 11 is 0. The average Bonchev–Trinajstić information content (AvgIpc) is 3.33. The van der Waals surface area contributed by atoms with E-state index in [1.807, 2.05) is 0 Å². The van der Waals surface area contributed by atoms with E-state index in [0.29, 0.717) is 11.5 Å². The number of benzene rings is 1. The monoisotopic (exact) mass is 404 g/mol. The minimum absolute atomic E-state index is 0.0213. The van der Waals surface area contributed by atoms with Gasteiger partial charge in [0.2, 0.25) is 5.82 Å². The van der Waals surface area contributed by atoms with Crippen LogP contribution in [0, 0.1) is 0 Å². The van der Waals surface area contributed by atoms with Crippen LogP contribution in [0.2, 0.25) is 0 Å². The number of amides is 1. The molecule has 1 fully saturated rings. The summed E-state index contributed by atoms with van der Waals surface area (Å²) in [6.07, 6.45) is -0.638. The van der Waals surface area contributed by atoms with Crippen LogP contribution in [0.3, 0.4) is 0 Å². The number of nitrogens with zero attached hydrogens (tertiary/aromatic N) is 5. The molecule has 10 heteroatoms. The highest BCUT2D eigenvalue weighted by molar-refractivity contribution is 5.95. The fourth-order valence-corrected chi connectivity index (χ4v) is 3.48. The molecule has 2 aromatic heterocycles. The van der Waals surface area contributed by atoms with E-state index in [-0.39, 0.29) is 17.9 Å². The molecule has 152 valence electrons. The third-order valence-corrected chi connectivity index (χ3v) is 4.84. The van der Waals surface area contributed by atoms with Crippen LogP contribution < -0.4 is 10.2 Å². The number of hydrogen-bond donors (Lipinski definition) is 1. The van der Waals surface area contributed by atoms with Crippen LogP contribution >= 0.6 is 0 Å². The molecule has 0 unspecified atom stereocenters. The van der Waals surface area contributed by atoms with Gasteiger partial charge in [0, 0.05) is 32.9 Å². The number of anilines is 1. The van der Waals surface area contributed by atoms with Gasteiger partial charge in [-0.25, -0.2) is 9.97 Å². The zero-order chi connectivity index (χ0) is 20.6. The van der Waals surface area contributed by atoms with Gasteiger partial charge in [-0.05, 0) is 24.5 Å². The first-order chi connectivity index (χ1) is 13.8. The van der Waals surface area contributed by atoms with Crippen LogP contribution in [-0.2, 0) is 19.8 Å². The van der Waals surface area contributed by atoms with Gasteiger partial charge in [0.05, 0.1) is 10.9 Å². The van der Waals surface area contributed by atoms with E-state index in [4.69, 9.17) is 0 Å². The lowest BCUT2D eigenvalue weighted by molar-refractivity contribution is -0.138. The molecule has 0 spiro atoms. The first-order valence-corrected chi connectivity index (χ1v) is 9.22. The molecule has 0 bridgehead atoms. The van der Waals surface area contributed by atoms with Crippen LogP contribution in [-0.4, -0.2) is 38.7 Å². The third kappa shape index (κ3) is 3.87. The molecule has 1 aliphatic heterocycles. The number of nitrogens with one attached hydrogen (secondary N) is 1. The van der Waals surface area contributed by atoms with Crippen molar-refractivity contribution in [2.45, 2.75) is 25.6 Å². The summed E-state index contributed by atoms with van der Waals surface area (Å²) in [6.45, 7) is 1.36. The van der Waals surface area contributed by atoms with E-state index in [1.165, 1.54) is 18.2 Å². The Morgan fingerprint density at radius 1 is 1.17 bits per heavy atom. The van der Waals surface area contributed by atoms with Crippen molar-refractivity contribution in [3.8, 4) is 0 Å². The molecule has 1 aliphatic rings. The Balaban J connectivity index is 1.61. The molecule has 1 amide bonds. The van der Waals surface area contributed by atoms with Gasteiger partial charge in [0.15, 0.2) is 5.65 Å². The summed E-state index contributed by atoms with van der Waals surface area (Å²) in [4.78, 5) is 23.3. The number of carbonyl (C=O) groups is 1. The molecule has 3 heterocycles. The number of carbonyl (C=O) groups excluding carboxylic acids is 1. The summed E-state index contributed by atoms with van der Waals surface area (Å²) < 4.78 is 41.0. The van der Waals surface area contributed by atoms with Crippen molar-refractivity contribution in [1.82, 2.24) is 25.1 Å². The van der Waals surface area contributed by atoms with Gasteiger partial charge in [-0.3, -0.25) is 9.48 Å². The molecule has 1 aromatic carbocycles. The molecule has 7 nitrogen and oxygen atoms in total. The molecular weight excluding hydrogens is 385 g/mol. The normalized spacial score (nSPS) is 14.6. The number of fused-ring (bicyclic) bond motifs is 1. The minimum atomic E-state index is -4.49. The van der Waals surface area contributed by atoms with Gasteiger partial charge in [-0.2, -0.15) is 18.3 Å². The first-order valence-electron chi connectivity index (χ1n) is 9.22. The molecule has 3 aromatic rings. The topological polar surface area (TPSA) is 75.9 Å². The lowest BCUT2D eigenvalue weighted by Crippen LogP contribution is -2.28. The quantitative estimate of drug-likeness (QED) is 0.724. The van der Waals surface area contributed by atoms with E-state index in [2.05, 4.69) is 25.3 Å². The molecule has 1 N–H and O–H groups in total. The molecule has 4 rings (SSSR count). The van der Waals surface area contributed by atoms with Crippen molar-refractivity contribution in [3.63, 3.8) is 0 Å². The van der Waals surface area contributed by atoms with Gasteiger partial charge in [-0.1, -0.05) is 18.2 Å². The van der Waals surface area contributed by atoms with Gasteiger partial charge in [0.1, 0.15) is 5.82 Å². The van der Waals surface area contributed by atoms with Crippen molar-refractivity contribution >= 4 is 22.8 Å². The highest BCUT2D eigenvalue weighted by atomic mass is 19.4. The summed E-state index contributed by atoms with van der Waals surface area (Å²) in [5, 5.41) is 7.51. The van der Waals surface area contributed by atoms with E-state index < -0.39 is 17.6 Å². The maximum Gasteiger partial charge on any atom is 0.416 e. The van der Waals surface area contributed by atoms with Crippen molar-refractivity contribution in [3.05, 3.63) is 47.4 Å². The van der Waals surface area contributed by atoms with E-state index >= 15 is 0 Å². The maximum absolute atomic E-state index is 13.1. The Morgan fingerprint density at radius 2 is 1.90 bits per heavy atom. The Morgan fingerprint density at radius 3 is 2.62 bits per heavy atom. The molecule has 0 atom stereocenters. The van der Waals surface area contributed by atoms with Crippen LogP contribution in [0.1, 0.15) is 34.6 Å². The number of alkyl halides is 3. The molecular formula is C19H19F3N6O. The Labute approximate surface area is 164 Å². The Bertz CT molecular complexity index is 1060. The SMILES string of the molecule is Cn1cc2c(N3CCCC3)nc(C(=O)NCc3ccccc3C(F)(F)F)nc2n1. The predicted octanol–water partition coefficient (Wildman–Crippen LogP) is 2.91. The van der Waals surface area contributed by atoms with Crippen molar-refractivity contribution in [1.29, 1.82) is 0 Å². The van der Waals surface area contributed by atoms with Crippen molar-refractivity contribution < 1.29 is 18.0 Å². The zero-order valence-corrected chi connectivity index (χ0v) is 15.7. The molecule has 0 saturated carbocycles. The lowest BCUT2D eigenvalue weighted by Gasteiger charge is -2.17. The largest absolute Gasteiger partial charge is 0.416 e. The number of aryl methyl sites for hydroxylation is 1. The zero-order valence-electron chi connectivity index (χ0n) is 15.7. The standard InChI is InChI=1S/C19H19F3N6O/c1-27-11-13-15(26-27)24-16(25-17(13)28-8-4-5-9-28)18(29)23-10-12-6-2-3-7-14(12)19(20,21)22/h2-3,6-7,11H,4-5,8-10H2,1H3,(H,23,29). The summed E-state index contributed by atoms with van der Waals surface area (Å²) in [5.74, 6) is -0.126. The first kappa shape index (κ1) is 19.2. The summed E-state index contributed by atoms with van der Waals surface area (Å²) in [7, 11) is 1.75. The van der Waals surface area contributed by atoms with Crippen LogP contribution in [0.25, 0.3) is 11.0 Å². The van der Waals surface area contributed by atoms with Crippen LogP contribution in [0.15, 0.2) is 30.5 Å². The fraction of sp³-hybridized carbons (Fsp3) is 0.368. The number of halogens is 3. The molecule has 0 aliphatic carbocycles. The fourth-order valence-electron chi connectivity index (χ4n) is 3.48. The maximum atomic E-state index is 13.1. The van der Waals surface area contributed by atoms with E-state index in [9.17, 15) is 18.0 Å². The smallest absolute Gasteiger partial charge is 0.356 e. The van der Waals surface area contributed by atoms with Crippen molar-refractivity contribution in [2.24, 2.45) is 7.05 Å². The summed E-state index contributed by atoms with van der Waals surface area (Å²) in [5.41, 5.74) is -0.420. The van der Waals surface area contributed by atoms with Crippen molar-refractivity contribution in [2.75, 3.05) is 18.0 Å². The number of aromatic nitrogens is 4. The Hall–Kier alpha value is -3.17.